The van der Waals surface area contributed by atoms with Crippen molar-refractivity contribution in [3.63, 3.8) is 0 Å². The molecule has 3 aliphatic rings. The van der Waals surface area contributed by atoms with Crippen LogP contribution in [0, 0.1) is 0 Å². The number of rotatable bonds is 7. The maximum absolute atomic E-state index is 13.9. The summed E-state index contributed by atoms with van der Waals surface area (Å²) in [5, 5.41) is 5.19. The molecule has 5 rings (SSSR count). The lowest BCUT2D eigenvalue weighted by molar-refractivity contribution is -0.150. The zero-order valence-electron chi connectivity index (χ0n) is 19.3. The van der Waals surface area contributed by atoms with E-state index in [9.17, 15) is 9.59 Å². The molecule has 3 atom stereocenters. The number of ether oxygens (including phenoxy) is 3. The van der Waals surface area contributed by atoms with E-state index in [0.717, 1.165) is 43.4 Å². The number of amides is 2. The molecular weight excluding hydrogens is 452 g/mol. The predicted octanol–water partition coefficient (Wildman–Crippen LogP) is 4.09. The standard InChI is InChI=1S/C26H32N2O5S/c29-25(27-18-8-2-1-3-9-18)24(23-13-7-15-34-23)28(16-19-10-6-14-31-19)26(30)22-17-32-20-11-4-5-12-21(20)33-22/h4-5,7,11-13,15,18-19,22,24H,1-3,6,8-10,14,16-17H2,(H,27,29)/t19-,22-,24+/m1/s1. The lowest BCUT2D eigenvalue weighted by Crippen LogP contribution is -2.54. The molecule has 1 aliphatic carbocycles. The summed E-state index contributed by atoms with van der Waals surface area (Å²) in [5.74, 6) is 0.797. The average Bonchev–Trinajstić information content (AvgIpc) is 3.58. The van der Waals surface area contributed by atoms with Gasteiger partial charge in [0, 0.05) is 24.1 Å². The van der Waals surface area contributed by atoms with E-state index in [-0.39, 0.29) is 30.6 Å². The number of carbonyl (C=O) groups excluding carboxylic acids is 2. The Kier molecular flexibility index (Phi) is 7.35. The number of thiophene rings is 1. The number of para-hydroxylation sites is 2. The number of nitrogens with zero attached hydrogens (tertiary/aromatic N) is 1. The van der Waals surface area contributed by atoms with Crippen molar-refractivity contribution in [2.24, 2.45) is 0 Å². The molecule has 1 saturated heterocycles. The molecule has 8 heteroatoms. The first-order chi connectivity index (χ1) is 16.7. The largest absolute Gasteiger partial charge is 0.485 e. The summed E-state index contributed by atoms with van der Waals surface area (Å²) in [6, 6.07) is 10.6. The van der Waals surface area contributed by atoms with Crippen molar-refractivity contribution in [1.82, 2.24) is 10.2 Å². The Hall–Kier alpha value is -2.58. The maximum atomic E-state index is 13.9. The topological polar surface area (TPSA) is 77.1 Å². The van der Waals surface area contributed by atoms with Crippen LogP contribution in [0.5, 0.6) is 11.5 Å². The fourth-order valence-corrected chi connectivity index (χ4v) is 5.89. The smallest absolute Gasteiger partial charge is 0.268 e. The summed E-state index contributed by atoms with van der Waals surface area (Å²) in [6.07, 6.45) is 6.35. The van der Waals surface area contributed by atoms with Crippen molar-refractivity contribution in [2.45, 2.75) is 69.2 Å². The first-order valence-electron chi connectivity index (χ1n) is 12.3. The molecule has 1 aromatic carbocycles. The van der Waals surface area contributed by atoms with Gasteiger partial charge in [0.05, 0.1) is 6.10 Å². The summed E-state index contributed by atoms with van der Waals surface area (Å²) in [5.41, 5.74) is 0. The third-order valence-electron chi connectivity index (χ3n) is 6.82. The molecule has 182 valence electrons. The molecule has 2 aromatic rings. The van der Waals surface area contributed by atoms with Crippen LogP contribution in [0.25, 0.3) is 0 Å². The molecule has 2 aliphatic heterocycles. The van der Waals surface area contributed by atoms with Gasteiger partial charge in [-0.05, 0) is 49.3 Å². The zero-order valence-corrected chi connectivity index (χ0v) is 20.1. The number of carbonyl (C=O) groups is 2. The molecule has 2 amide bonds. The van der Waals surface area contributed by atoms with Gasteiger partial charge in [-0.3, -0.25) is 9.59 Å². The minimum Gasteiger partial charge on any atom is -0.485 e. The highest BCUT2D eigenvalue weighted by Gasteiger charge is 2.40. The number of benzene rings is 1. The Morgan fingerprint density at radius 3 is 2.59 bits per heavy atom. The fraction of sp³-hybridized carbons (Fsp3) is 0.538. The van der Waals surface area contributed by atoms with E-state index in [1.54, 1.807) is 11.0 Å². The van der Waals surface area contributed by atoms with E-state index in [2.05, 4.69) is 5.32 Å². The van der Waals surface area contributed by atoms with E-state index < -0.39 is 12.1 Å². The highest BCUT2D eigenvalue weighted by atomic mass is 32.1. The van der Waals surface area contributed by atoms with Crippen molar-refractivity contribution in [3.8, 4) is 11.5 Å². The Labute approximate surface area is 204 Å². The molecule has 0 radical (unpaired) electrons. The number of fused-ring (bicyclic) bond motifs is 1. The second-order valence-corrected chi connectivity index (χ2v) is 10.2. The van der Waals surface area contributed by atoms with Gasteiger partial charge in [-0.2, -0.15) is 0 Å². The van der Waals surface area contributed by atoms with Crippen LogP contribution >= 0.6 is 11.3 Å². The van der Waals surface area contributed by atoms with E-state index in [1.807, 2.05) is 35.7 Å². The van der Waals surface area contributed by atoms with Crippen molar-refractivity contribution >= 4 is 23.2 Å². The van der Waals surface area contributed by atoms with E-state index in [1.165, 1.54) is 17.8 Å². The van der Waals surface area contributed by atoms with E-state index >= 15 is 0 Å². The van der Waals surface area contributed by atoms with Crippen molar-refractivity contribution in [2.75, 3.05) is 19.8 Å². The van der Waals surface area contributed by atoms with Gasteiger partial charge in [0.15, 0.2) is 11.5 Å². The Morgan fingerprint density at radius 1 is 1.03 bits per heavy atom. The van der Waals surface area contributed by atoms with Gasteiger partial charge in [0.25, 0.3) is 5.91 Å². The SMILES string of the molecule is O=C(NC1CCCCC1)[C@H](c1cccs1)N(C[C@H]1CCCO1)C(=O)[C@H]1COc2ccccc2O1. The fourth-order valence-electron chi connectivity index (χ4n) is 5.05. The van der Waals surface area contributed by atoms with Crippen LogP contribution in [0.15, 0.2) is 41.8 Å². The Balaban J connectivity index is 1.41. The summed E-state index contributed by atoms with van der Waals surface area (Å²) < 4.78 is 17.8. The van der Waals surface area contributed by atoms with E-state index in [0.29, 0.717) is 24.7 Å². The molecule has 34 heavy (non-hydrogen) atoms. The van der Waals surface area contributed by atoms with Gasteiger partial charge in [-0.1, -0.05) is 37.5 Å². The molecular formula is C26H32N2O5S. The van der Waals surface area contributed by atoms with Crippen molar-refractivity contribution in [1.29, 1.82) is 0 Å². The maximum Gasteiger partial charge on any atom is 0.268 e. The van der Waals surface area contributed by atoms with Crippen LogP contribution in [0.4, 0.5) is 0 Å². The predicted molar refractivity (Wildman–Crippen MR) is 129 cm³/mol. The van der Waals surface area contributed by atoms with E-state index in [4.69, 9.17) is 14.2 Å². The molecule has 0 unspecified atom stereocenters. The molecule has 2 fully saturated rings. The lowest BCUT2D eigenvalue weighted by Gasteiger charge is -2.36. The number of hydrogen-bond acceptors (Lipinski definition) is 6. The summed E-state index contributed by atoms with van der Waals surface area (Å²) >= 11 is 1.49. The first-order valence-corrected chi connectivity index (χ1v) is 13.2. The van der Waals surface area contributed by atoms with Gasteiger partial charge >= 0.3 is 0 Å². The lowest BCUT2D eigenvalue weighted by atomic mass is 9.95. The Morgan fingerprint density at radius 2 is 1.85 bits per heavy atom. The molecule has 1 aromatic heterocycles. The second kappa shape index (κ2) is 10.8. The minimum atomic E-state index is -0.818. The molecule has 0 spiro atoms. The minimum absolute atomic E-state index is 0.0920. The van der Waals surface area contributed by atoms with Crippen LogP contribution in [0.3, 0.4) is 0 Å². The van der Waals surface area contributed by atoms with Crippen LogP contribution in [-0.2, 0) is 14.3 Å². The zero-order chi connectivity index (χ0) is 23.3. The van der Waals surface area contributed by atoms with Gasteiger partial charge in [0.1, 0.15) is 12.6 Å². The second-order valence-electron chi connectivity index (χ2n) is 9.25. The van der Waals surface area contributed by atoms with Crippen LogP contribution in [-0.4, -0.2) is 54.7 Å². The third-order valence-corrected chi connectivity index (χ3v) is 7.74. The van der Waals surface area contributed by atoms with Gasteiger partial charge in [0.2, 0.25) is 12.0 Å². The molecule has 7 nitrogen and oxygen atoms in total. The van der Waals surface area contributed by atoms with Crippen LogP contribution in [0.2, 0.25) is 0 Å². The highest BCUT2D eigenvalue weighted by molar-refractivity contribution is 7.10. The van der Waals surface area contributed by atoms with Crippen molar-refractivity contribution < 1.29 is 23.8 Å². The summed E-state index contributed by atoms with van der Waals surface area (Å²) in [6.45, 7) is 1.14. The quantitative estimate of drug-likeness (QED) is 0.641. The molecule has 3 heterocycles. The first kappa shape index (κ1) is 23.2. The van der Waals surface area contributed by atoms with Gasteiger partial charge in [-0.25, -0.2) is 0 Å². The number of hydrogen-bond donors (Lipinski definition) is 1. The monoisotopic (exact) mass is 484 g/mol. The normalized spacial score (nSPS) is 23.3. The third kappa shape index (κ3) is 5.23. The van der Waals surface area contributed by atoms with Crippen LogP contribution < -0.4 is 14.8 Å². The molecule has 0 bridgehead atoms. The average molecular weight is 485 g/mol. The Bertz CT molecular complexity index is 969. The van der Waals surface area contributed by atoms with Gasteiger partial charge < -0.3 is 24.4 Å². The van der Waals surface area contributed by atoms with Crippen molar-refractivity contribution in [3.05, 3.63) is 46.7 Å². The molecule has 1 N–H and O–H groups in total. The highest BCUT2D eigenvalue weighted by Crippen LogP contribution is 2.34. The molecule has 1 saturated carbocycles. The van der Waals surface area contributed by atoms with Gasteiger partial charge in [-0.15, -0.1) is 11.3 Å². The number of nitrogens with one attached hydrogen (secondary N) is 1. The summed E-state index contributed by atoms with van der Waals surface area (Å²) in [7, 11) is 0. The van der Waals surface area contributed by atoms with Crippen LogP contribution in [0.1, 0.15) is 55.9 Å². The summed E-state index contributed by atoms with van der Waals surface area (Å²) in [4.78, 5) is 30.1.